The zero-order chi connectivity index (χ0) is 8.97. The van der Waals surface area contributed by atoms with Crippen LogP contribution in [0, 0.1) is 5.92 Å². The van der Waals surface area contributed by atoms with Crippen LogP contribution < -0.4 is 5.32 Å². The Kier molecular flexibility index (Phi) is 4.02. The molecule has 71 valence electrons. The third-order valence-electron chi connectivity index (χ3n) is 2.37. The van der Waals surface area contributed by atoms with Crippen LogP contribution in [0.4, 0.5) is 0 Å². The predicted molar refractivity (Wildman–Crippen MR) is 53.1 cm³/mol. The Morgan fingerprint density at radius 2 is 2.25 bits per heavy atom. The van der Waals surface area contributed by atoms with Gasteiger partial charge < -0.3 is 5.32 Å². The highest BCUT2D eigenvalue weighted by atomic mass is 15.2. The van der Waals surface area contributed by atoms with Gasteiger partial charge in [0.05, 0.1) is 0 Å². The Morgan fingerprint density at radius 3 is 2.83 bits per heavy atom. The van der Waals surface area contributed by atoms with Gasteiger partial charge in [-0.25, -0.2) is 0 Å². The van der Waals surface area contributed by atoms with E-state index >= 15 is 0 Å². The third-order valence-corrected chi connectivity index (χ3v) is 2.37. The Hall–Kier alpha value is -0.0800. The van der Waals surface area contributed by atoms with E-state index in [0.717, 1.165) is 12.6 Å². The van der Waals surface area contributed by atoms with Crippen molar-refractivity contribution in [3.63, 3.8) is 0 Å². The zero-order valence-corrected chi connectivity index (χ0v) is 8.56. The van der Waals surface area contributed by atoms with Gasteiger partial charge in [-0.2, -0.15) is 0 Å². The third kappa shape index (κ3) is 3.11. The van der Waals surface area contributed by atoms with Gasteiger partial charge >= 0.3 is 0 Å². The molecule has 1 radical (unpaired) electrons. The van der Waals surface area contributed by atoms with Crippen molar-refractivity contribution in [2.45, 2.75) is 33.2 Å². The summed E-state index contributed by atoms with van der Waals surface area (Å²) in [7, 11) is 0. The molecule has 0 bridgehead atoms. The molecule has 1 rings (SSSR count). The molecule has 0 spiro atoms. The van der Waals surface area contributed by atoms with Crippen molar-refractivity contribution in [2.24, 2.45) is 0 Å². The van der Waals surface area contributed by atoms with Gasteiger partial charge in [-0.15, -0.1) is 0 Å². The monoisotopic (exact) mass is 169 g/mol. The normalized spacial score (nSPS) is 26.5. The maximum absolute atomic E-state index is 3.52. The molecule has 0 amide bonds. The lowest BCUT2D eigenvalue weighted by molar-refractivity contribution is 0.204. The van der Waals surface area contributed by atoms with Gasteiger partial charge in [0.15, 0.2) is 0 Å². The molecule has 1 N–H and O–H groups in total. The predicted octanol–water partition coefficient (Wildman–Crippen LogP) is 1.28. The van der Waals surface area contributed by atoms with Crippen LogP contribution >= 0.6 is 0 Å². The molecule has 0 aromatic carbocycles. The molecule has 2 nitrogen and oxygen atoms in total. The van der Waals surface area contributed by atoms with Gasteiger partial charge in [0, 0.05) is 32.2 Å². The molecule has 1 heterocycles. The Balaban J connectivity index is 2.25. The lowest BCUT2D eigenvalue weighted by Crippen LogP contribution is -2.50. The van der Waals surface area contributed by atoms with E-state index in [0.29, 0.717) is 0 Å². The summed E-state index contributed by atoms with van der Waals surface area (Å²) in [6, 6.07) is 0.720. The van der Waals surface area contributed by atoms with Crippen molar-refractivity contribution in [2.75, 3.05) is 26.2 Å². The smallest absolute Gasteiger partial charge is 0.0192 e. The number of nitrogens with zero attached hydrogens (tertiary/aromatic N) is 1. The van der Waals surface area contributed by atoms with Gasteiger partial charge in [-0.1, -0.05) is 20.8 Å². The Morgan fingerprint density at radius 1 is 1.50 bits per heavy atom. The second kappa shape index (κ2) is 4.83. The van der Waals surface area contributed by atoms with Crippen LogP contribution in [0.25, 0.3) is 0 Å². The summed E-state index contributed by atoms with van der Waals surface area (Å²) in [6.45, 7) is 11.4. The average Bonchev–Trinajstić information content (AvgIpc) is 2.03. The van der Waals surface area contributed by atoms with Gasteiger partial charge in [0.2, 0.25) is 0 Å². The fraction of sp³-hybridized carbons (Fsp3) is 0.900. The van der Waals surface area contributed by atoms with E-state index in [1.54, 1.807) is 0 Å². The lowest BCUT2D eigenvalue weighted by atomic mass is 10.1. The van der Waals surface area contributed by atoms with Crippen LogP contribution in [-0.4, -0.2) is 37.1 Å². The van der Waals surface area contributed by atoms with Crippen LogP contribution in [-0.2, 0) is 0 Å². The van der Waals surface area contributed by atoms with Gasteiger partial charge in [-0.05, 0) is 12.3 Å². The summed E-state index contributed by atoms with van der Waals surface area (Å²) in [5.74, 6) is 1.52. The minimum absolute atomic E-state index is 0.720. The first-order valence-corrected chi connectivity index (χ1v) is 4.97. The van der Waals surface area contributed by atoms with Crippen molar-refractivity contribution >= 4 is 0 Å². The molecule has 1 aliphatic heterocycles. The highest BCUT2D eigenvalue weighted by Gasteiger charge is 2.17. The van der Waals surface area contributed by atoms with Crippen LogP contribution in [0.1, 0.15) is 27.2 Å². The van der Waals surface area contributed by atoms with Crippen LogP contribution in [0.3, 0.4) is 0 Å². The number of rotatable bonds is 3. The summed E-state index contributed by atoms with van der Waals surface area (Å²) in [5, 5.41) is 3.52. The molecule has 1 atom stereocenters. The SMILES string of the molecule is CC[C@@H]1CN(C[C](C)C)CCN1. The first-order valence-electron chi connectivity index (χ1n) is 4.97. The second-order valence-corrected chi connectivity index (χ2v) is 4.00. The van der Waals surface area contributed by atoms with E-state index in [4.69, 9.17) is 0 Å². The van der Waals surface area contributed by atoms with Crippen molar-refractivity contribution in [3.05, 3.63) is 5.92 Å². The first kappa shape index (κ1) is 10.0. The summed E-state index contributed by atoms with van der Waals surface area (Å²) < 4.78 is 0. The highest BCUT2D eigenvalue weighted by molar-refractivity contribution is 4.86. The Bertz CT molecular complexity index is 123. The summed E-state index contributed by atoms with van der Waals surface area (Å²) in [4.78, 5) is 2.54. The molecule has 12 heavy (non-hydrogen) atoms. The molecular formula is C10H21N2. The summed E-state index contributed by atoms with van der Waals surface area (Å²) in [6.07, 6.45) is 1.25. The van der Waals surface area contributed by atoms with E-state index in [1.807, 2.05) is 0 Å². The topological polar surface area (TPSA) is 15.3 Å². The number of nitrogens with one attached hydrogen (secondary N) is 1. The molecule has 0 aliphatic carbocycles. The summed E-state index contributed by atoms with van der Waals surface area (Å²) >= 11 is 0. The number of piperazine rings is 1. The molecule has 1 saturated heterocycles. The van der Waals surface area contributed by atoms with Gasteiger partial charge in [0.25, 0.3) is 0 Å². The second-order valence-electron chi connectivity index (χ2n) is 4.00. The minimum Gasteiger partial charge on any atom is -0.311 e. The largest absolute Gasteiger partial charge is 0.311 e. The van der Waals surface area contributed by atoms with Crippen molar-refractivity contribution in [1.29, 1.82) is 0 Å². The maximum Gasteiger partial charge on any atom is 0.0192 e. The van der Waals surface area contributed by atoms with E-state index in [-0.39, 0.29) is 0 Å². The average molecular weight is 169 g/mol. The molecular weight excluding hydrogens is 148 g/mol. The number of hydrogen-bond donors (Lipinski definition) is 1. The lowest BCUT2D eigenvalue weighted by Gasteiger charge is -2.34. The molecule has 0 aromatic heterocycles. The van der Waals surface area contributed by atoms with E-state index in [9.17, 15) is 0 Å². The van der Waals surface area contributed by atoms with Crippen molar-refractivity contribution in [1.82, 2.24) is 10.2 Å². The molecule has 0 saturated carbocycles. The molecule has 1 fully saturated rings. The van der Waals surface area contributed by atoms with Crippen LogP contribution in [0.15, 0.2) is 0 Å². The number of hydrogen-bond acceptors (Lipinski definition) is 2. The zero-order valence-electron chi connectivity index (χ0n) is 8.56. The standard InChI is InChI=1S/C10H21N2/c1-4-10-8-12(6-5-11-10)7-9(2)3/h10-11H,4-8H2,1-3H3/t10-/m1/s1. The van der Waals surface area contributed by atoms with Crippen molar-refractivity contribution < 1.29 is 0 Å². The maximum atomic E-state index is 3.52. The highest BCUT2D eigenvalue weighted by Crippen LogP contribution is 2.06. The molecule has 0 aromatic rings. The van der Waals surface area contributed by atoms with E-state index in [1.165, 1.54) is 32.0 Å². The fourth-order valence-electron chi connectivity index (χ4n) is 1.76. The first-order chi connectivity index (χ1) is 5.72. The molecule has 0 unspecified atom stereocenters. The van der Waals surface area contributed by atoms with E-state index < -0.39 is 0 Å². The molecule has 2 heteroatoms. The minimum atomic E-state index is 0.720. The quantitative estimate of drug-likeness (QED) is 0.685. The van der Waals surface area contributed by atoms with Gasteiger partial charge in [-0.3, -0.25) is 4.90 Å². The van der Waals surface area contributed by atoms with Crippen molar-refractivity contribution in [3.8, 4) is 0 Å². The van der Waals surface area contributed by atoms with E-state index in [2.05, 4.69) is 31.0 Å². The van der Waals surface area contributed by atoms with Crippen LogP contribution in [0.5, 0.6) is 0 Å². The molecule has 1 aliphatic rings. The summed E-state index contributed by atoms with van der Waals surface area (Å²) in [5.41, 5.74) is 0. The Labute approximate surface area is 76.3 Å². The fourth-order valence-corrected chi connectivity index (χ4v) is 1.76. The van der Waals surface area contributed by atoms with Crippen LogP contribution in [0.2, 0.25) is 0 Å². The van der Waals surface area contributed by atoms with Gasteiger partial charge in [0.1, 0.15) is 0 Å².